The quantitative estimate of drug-likeness (QED) is 0.791. The standard InChI is InChI=1S/C18H27NO2/c20-14-17(12-15-8-6-3-7-9-15)19-18(21)13-16-10-4-1-2-5-11-16/h3,6-9,16-17,20H,1-2,4-5,10-14H2,(H,19,21)/t17-/m1/s1. The van der Waals surface area contributed by atoms with Crippen molar-refractivity contribution in [3.8, 4) is 0 Å². The molecule has 0 saturated heterocycles. The summed E-state index contributed by atoms with van der Waals surface area (Å²) in [5.74, 6) is 0.625. The molecule has 1 aromatic rings. The van der Waals surface area contributed by atoms with Gasteiger partial charge in [-0.25, -0.2) is 0 Å². The van der Waals surface area contributed by atoms with E-state index in [0.29, 0.717) is 18.8 Å². The van der Waals surface area contributed by atoms with E-state index in [4.69, 9.17) is 0 Å². The van der Waals surface area contributed by atoms with Gasteiger partial charge in [-0.3, -0.25) is 4.79 Å². The number of benzene rings is 1. The minimum Gasteiger partial charge on any atom is -0.394 e. The van der Waals surface area contributed by atoms with E-state index in [9.17, 15) is 9.90 Å². The Morgan fingerprint density at radius 2 is 1.81 bits per heavy atom. The molecule has 116 valence electrons. The van der Waals surface area contributed by atoms with Crippen molar-refractivity contribution in [2.75, 3.05) is 6.61 Å². The lowest BCUT2D eigenvalue weighted by atomic mass is 9.96. The van der Waals surface area contributed by atoms with Crippen LogP contribution in [0.4, 0.5) is 0 Å². The van der Waals surface area contributed by atoms with E-state index in [0.717, 1.165) is 5.56 Å². The highest BCUT2D eigenvalue weighted by Gasteiger charge is 2.18. The summed E-state index contributed by atoms with van der Waals surface area (Å²) in [5.41, 5.74) is 1.14. The number of aliphatic hydroxyl groups excluding tert-OH is 1. The van der Waals surface area contributed by atoms with Gasteiger partial charge in [-0.2, -0.15) is 0 Å². The summed E-state index contributed by atoms with van der Waals surface area (Å²) in [4.78, 5) is 12.2. The lowest BCUT2D eigenvalue weighted by Crippen LogP contribution is -2.39. The highest BCUT2D eigenvalue weighted by atomic mass is 16.3. The minimum atomic E-state index is -0.175. The molecule has 21 heavy (non-hydrogen) atoms. The first kappa shape index (κ1) is 16.0. The molecule has 0 bridgehead atoms. The van der Waals surface area contributed by atoms with E-state index in [-0.39, 0.29) is 18.6 Å². The number of hydrogen-bond acceptors (Lipinski definition) is 2. The maximum atomic E-state index is 12.2. The van der Waals surface area contributed by atoms with E-state index >= 15 is 0 Å². The Morgan fingerprint density at radius 1 is 1.14 bits per heavy atom. The second kappa shape index (κ2) is 8.83. The van der Waals surface area contributed by atoms with Crippen LogP contribution in [0.15, 0.2) is 30.3 Å². The molecular weight excluding hydrogens is 262 g/mol. The summed E-state index contributed by atoms with van der Waals surface area (Å²) < 4.78 is 0. The Bertz CT molecular complexity index is 410. The third-order valence-corrected chi connectivity index (χ3v) is 4.36. The van der Waals surface area contributed by atoms with Crippen LogP contribution in [0.25, 0.3) is 0 Å². The van der Waals surface area contributed by atoms with Crippen molar-refractivity contribution in [3.63, 3.8) is 0 Å². The lowest BCUT2D eigenvalue weighted by molar-refractivity contribution is -0.123. The Labute approximate surface area is 127 Å². The highest BCUT2D eigenvalue weighted by Crippen LogP contribution is 2.25. The SMILES string of the molecule is O=C(CC1CCCCCC1)N[C@@H](CO)Cc1ccccc1. The first-order chi connectivity index (χ1) is 10.3. The predicted molar refractivity (Wildman–Crippen MR) is 85.0 cm³/mol. The highest BCUT2D eigenvalue weighted by molar-refractivity contribution is 5.76. The maximum Gasteiger partial charge on any atom is 0.220 e. The number of amides is 1. The first-order valence-corrected chi connectivity index (χ1v) is 8.22. The number of carbonyl (C=O) groups is 1. The van der Waals surface area contributed by atoms with Gasteiger partial charge >= 0.3 is 0 Å². The van der Waals surface area contributed by atoms with Crippen LogP contribution in [0.1, 0.15) is 50.5 Å². The topological polar surface area (TPSA) is 49.3 Å². The molecule has 3 nitrogen and oxygen atoms in total. The molecule has 2 N–H and O–H groups in total. The molecule has 0 spiro atoms. The second-order valence-electron chi connectivity index (χ2n) is 6.20. The van der Waals surface area contributed by atoms with Gasteiger partial charge in [0.05, 0.1) is 12.6 Å². The van der Waals surface area contributed by atoms with Gasteiger partial charge < -0.3 is 10.4 Å². The third-order valence-electron chi connectivity index (χ3n) is 4.36. The normalized spacial score (nSPS) is 18.0. The Balaban J connectivity index is 1.79. The van der Waals surface area contributed by atoms with Crippen LogP contribution in [0.2, 0.25) is 0 Å². The molecule has 1 aliphatic rings. The van der Waals surface area contributed by atoms with Crippen LogP contribution < -0.4 is 5.32 Å². The molecule has 0 aliphatic heterocycles. The molecule has 1 aromatic carbocycles. The van der Waals surface area contributed by atoms with E-state index < -0.39 is 0 Å². The van der Waals surface area contributed by atoms with Crippen LogP contribution in [-0.2, 0) is 11.2 Å². The average molecular weight is 289 g/mol. The van der Waals surface area contributed by atoms with Crippen molar-refractivity contribution in [2.45, 2.75) is 57.4 Å². The molecule has 0 aromatic heterocycles. The number of rotatable bonds is 6. The van der Waals surface area contributed by atoms with Crippen LogP contribution in [-0.4, -0.2) is 23.7 Å². The van der Waals surface area contributed by atoms with Gasteiger partial charge in [0.2, 0.25) is 5.91 Å². The van der Waals surface area contributed by atoms with Gasteiger partial charge in [0.1, 0.15) is 0 Å². The summed E-state index contributed by atoms with van der Waals surface area (Å²) in [6.45, 7) is -0.00863. The van der Waals surface area contributed by atoms with Crippen LogP contribution in [0.3, 0.4) is 0 Å². The number of hydrogen-bond donors (Lipinski definition) is 2. The summed E-state index contributed by atoms with van der Waals surface area (Å²) in [6, 6.07) is 9.82. The Morgan fingerprint density at radius 3 is 2.43 bits per heavy atom. The molecular formula is C18H27NO2. The largest absolute Gasteiger partial charge is 0.394 e. The summed E-state index contributed by atoms with van der Waals surface area (Å²) in [6.07, 6.45) is 8.79. The monoisotopic (exact) mass is 289 g/mol. The maximum absolute atomic E-state index is 12.2. The van der Waals surface area contributed by atoms with E-state index in [2.05, 4.69) is 5.32 Å². The molecule has 1 fully saturated rings. The first-order valence-electron chi connectivity index (χ1n) is 8.22. The Hall–Kier alpha value is -1.35. The molecule has 1 saturated carbocycles. The van der Waals surface area contributed by atoms with Gasteiger partial charge in [-0.1, -0.05) is 56.0 Å². The van der Waals surface area contributed by atoms with Gasteiger partial charge in [0.15, 0.2) is 0 Å². The molecule has 0 radical (unpaired) electrons. The Kier molecular flexibility index (Phi) is 6.74. The number of nitrogens with one attached hydrogen (secondary N) is 1. The van der Waals surface area contributed by atoms with Gasteiger partial charge in [0.25, 0.3) is 0 Å². The zero-order chi connectivity index (χ0) is 14.9. The third kappa shape index (κ3) is 5.88. The van der Waals surface area contributed by atoms with Crippen LogP contribution >= 0.6 is 0 Å². The van der Waals surface area contributed by atoms with Gasteiger partial charge in [0, 0.05) is 6.42 Å². The molecule has 3 heteroatoms. The smallest absolute Gasteiger partial charge is 0.220 e. The van der Waals surface area contributed by atoms with Gasteiger partial charge in [-0.15, -0.1) is 0 Å². The van der Waals surface area contributed by atoms with Crippen molar-refractivity contribution >= 4 is 5.91 Å². The molecule has 1 aliphatic carbocycles. The molecule has 0 unspecified atom stereocenters. The van der Waals surface area contributed by atoms with Crippen molar-refractivity contribution < 1.29 is 9.90 Å². The molecule has 1 atom stereocenters. The average Bonchev–Trinajstić information content (AvgIpc) is 2.76. The summed E-state index contributed by atoms with van der Waals surface area (Å²) >= 11 is 0. The van der Waals surface area contributed by atoms with Gasteiger partial charge in [-0.05, 0) is 30.7 Å². The molecule has 1 amide bonds. The van der Waals surface area contributed by atoms with Crippen LogP contribution in [0.5, 0.6) is 0 Å². The van der Waals surface area contributed by atoms with Crippen LogP contribution in [0, 0.1) is 5.92 Å². The van der Waals surface area contributed by atoms with Crippen molar-refractivity contribution in [1.29, 1.82) is 0 Å². The van der Waals surface area contributed by atoms with Crippen molar-refractivity contribution in [2.24, 2.45) is 5.92 Å². The number of aliphatic hydroxyl groups is 1. The summed E-state index contributed by atoms with van der Waals surface area (Å²) in [5, 5.41) is 12.5. The molecule has 0 heterocycles. The fraction of sp³-hybridized carbons (Fsp3) is 0.611. The van der Waals surface area contributed by atoms with Crippen molar-refractivity contribution in [3.05, 3.63) is 35.9 Å². The zero-order valence-corrected chi connectivity index (χ0v) is 12.8. The van der Waals surface area contributed by atoms with E-state index in [1.807, 2.05) is 30.3 Å². The van der Waals surface area contributed by atoms with E-state index in [1.54, 1.807) is 0 Å². The lowest BCUT2D eigenvalue weighted by Gasteiger charge is -2.19. The van der Waals surface area contributed by atoms with E-state index in [1.165, 1.54) is 38.5 Å². The second-order valence-corrected chi connectivity index (χ2v) is 6.20. The fourth-order valence-electron chi connectivity index (χ4n) is 3.18. The number of carbonyl (C=O) groups excluding carboxylic acids is 1. The zero-order valence-electron chi connectivity index (χ0n) is 12.8. The summed E-state index contributed by atoms with van der Waals surface area (Å²) in [7, 11) is 0. The predicted octanol–water partition coefficient (Wildman–Crippen LogP) is 3.07. The molecule has 2 rings (SSSR count). The van der Waals surface area contributed by atoms with Crippen molar-refractivity contribution in [1.82, 2.24) is 5.32 Å². The fourth-order valence-corrected chi connectivity index (χ4v) is 3.18. The minimum absolute atomic E-state index is 0.00863.